The van der Waals surface area contributed by atoms with Crippen LogP contribution in [0.15, 0.2) is 9.77 Å². The second-order valence-corrected chi connectivity index (χ2v) is 3.95. The Labute approximate surface area is 56.2 Å². The summed E-state index contributed by atoms with van der Waals surface area (Å²) in [5.41, 5.74) is 14.6. The number of azide groups is 1. The SMILES string of the molecule is [N-]=[N+]=N[P-](F)(F)(F)(F)N=[N+]=[N-]. The van der Waals surface area contributed by atoms with E-state index in [0.29, 0.717) is 0 Å². The predicted octanol–water partition coefficient (Wildman–Crippen LogP) is 4.06. The number of halogens is 4. The van der Waals surface area contributed by atoms with Crippen LogP contribution in [0.2, 0.25) is 0 Å². The first kappa shape index (κ1) is 9.77. The summed E-state index contributed by atoms with van der Waals surface area (Å²) in [6.45, 7) is 0. The van der Waals surface area contributed by atoms with E-state index in [1.54, 1.807) is 0 Å². The molecule has 11 heavy (non-hydrogen) atoms. The Morgan fingerprint density at radius 1 is 0.909 bits per heavy atom. The van der Waals surface area contributed by atoms with Crippen molar-refractivity contribution in [2.45, 2.75) is 0 Å². The first-order chi connectivity index (χ1) is 4.62. The van der Waals surface area contributed by atoms with Gasteiger partial charge in [-0.05, 0) is 0 Å². The van der Waals surface area contributed by atoms with Crippen LogP contribution >= 0.6 is 7.49 Å². The number of rotatable bonds is 2. The third kappa shape index (κ3) is 3.47. The van der Waals surface area contributed by atoms with Crippen LogP contribution in [0.5, 0.6) is 0 Å². The third-order valence-corrected chi connectivity index (χ3v) is 1.29. The fourth-order valence-corrected chi connectivity index (χ4v) is 0.524. The molecule has 0 heterocycles. The molecule has 0 aromatic carbocycles. The van der Waals surface area contributed by atoms with Gasteiger partial charge >= 0.3 is 54.9 Å². The molecule has 0 fully saturated rings. The molecule has 0 radical (unpaired) electrons. The molecule has 0 saturated heterocycles. The van der Waals surface area contributed by atoms with Gasteiger partial charge in [-0.3, -0.25) is 0 Å². The van der Waals surface area contributed by atoms with Gasteiger partial charge in [-0.15, -0.1) is 0 Å². The quantitative estimate of drug-likeness (QED) is 0.206. The molecule has 11 heteroatoms. The molecule has 0 saturated carbocycles. The Kier molecular flexibility index (Phi) is 1.49. The van der Waals surface area contributed by atoms with Crippen LogP contribution in [-0.4, -0.2) is 0 Å². The Morgan fingerprint density at radius 2 is 1.18 bits per heavy atom. The molecule has 0 unspecified atom stereocenters. The number of hydrogen-bond acceptors (Lipinski definition) is 2. The standard InChI is InChI=1S/F4N6P/c1-11(2,3,4,9-7-5)10-8-6/q-1. The average molecular weight is 191 g/mol. The zero-order valence-corrected chi connectivity index (χ0v) is 5.54. The number of hydrogen-bond donors (Lipinski definition) is 0. The van der Waals surface area contributed by atoms with Crippen LogP contribution in [-0.2, 0) is 0 Å². The summed E-state index contributed by atoms with van der Waals surface area (Å²) >= 11 is 0. The Bertz CT molecular complexity index is 246. The van der Waals surface area contributed by atoms with Crippen molar-refractivity contribution in [2.75, 3.05) is 0 Å². The van der Waals surface area contributed by atoms with Crippen LogP contribution in [0.1, 0.15) is 0 Å². The number of nitrogens with zero attached hydrogens (tertiary/aromatic N) is 6. The van der Waals surface area contributed by atoms with Crippen molar-refractivity contribution >= 4 is 7.49 Å². The van der Waals surface area contributed by atoms with E-state index in [1.807, 2.05) is 0 Å². The van der Waals surface area contributed by atoms with E-state index in [-0.39, 0.29) is 0 Å². The van der Waals surface area contributed by atoms with Crippen molar-refractivity contribution in [3.63, 3.8) is 0 Å². The zero-order chi connectivity index (χ0) is 9.24. The van der Waals surface area contributed by atoms with E-state index in [9.17, 15) is 16.8 Å². The predicted molar refractivity (Wildman–Crippen MR) is 29.6 cm³/mol. The van der Waals surface area contributed by atoms with Crippen LogP contribution in [0.3, 0.4) is 0 Å². The van der Waals surface area contributed by atoms with Crippen LogP contribution in [0.25, 0.3) is 20.9 Å². The van der Waals surface area contributed by atoms with E-state index < -0.39 is 7.49 Å². The van der Waals surface area contributed by atoms with Crippen molar-refractivity contribution in [1.29, 1.82) is 0 Å². The van der Waals surface area contributed by atoms with Gasteiger partial charge in [0.2, 0.25) is 0 Å². The van der Waals surface area contributed by atoms with Crippen LogP contribution in [0, 0.1) is 0 Å². The van der Waals surface area contributed by atoms with E-state index in [2.05, 4.69) is 0 Å². The molecule has 0 aliphatic rings. The summed E-state index contributed by atoms with van der Waals surface area (Å²) in [7, 11) is -9.39. The van der Waals surface area contributed by atoms with Gasteiger partial charge in [-0.2, -0.15) is 0 Å². The van der Waals surface area contributed by atoms with Crippen LogP contribution < -0.4 is 0 Å². The molecule has 64 valence electrons. The summed E-state index contributed by atoms with van der Waals surface area (Å²) < 4.78 is 47.0. The minimum absolute atomic E-state index is 0.940. The van der Waals surface area contributed by atoms with Crippen molar-refractivity contribution in [2.24, 2.45) is 9.77 Å². The van der Waals surface area contributed by atoms with Crippen molar-refractivity contribution in [3.05, 3.63) is 20.9 Å². The Hall–Kier alpha value is -1.23. The van der Waals surface area contributed by atoms with Crippen molar-refractivity contribution < 1.29 is 16.8 Å². The fraction of sp³-hybridized carbons (Fsp3) is 0. The average Bonchev–Trinajstić information content (AvgIpc) is 1.59. The van der Waals surface area contributed by atoms with Gasteiger partial charge in [-0.1, -0.05) is 0 Å². The first-order valence-electron chi connectivity index (χ1n) is 1.88. The molecule has 0 aliphatic heterocycles. The second kappa shape index (κ2) is 1.68. The van der Waals surface area contributed by atoms with Gasteiger partial charge in [0.15, 0.2) is 0 Å². The van der Waals surface area contributed by atoms with Crippen LogP contribution in [0.4, 0.5) is 16.8 Å². The summed E-state index contributed by atoms with van der Waals surface area (Å²) in [5.74, 6) is 0. The molecular formula is F4N6P-. The third-order valence-electron chi connectivity index (χ3n) is 0.430. The monoisotopic (exact) mass is 191 g/mol. The molecule has 0 rings (SSSR count). The van der Waals surface area contributed by atoms with E-state index in [1.165, 1.54) is 9.82 Å². The Balaban J connectivity index is 5.54. The molecule has 0 aromatic heterocycles. The molecule has 0 amide bonds. The summed E-state index contributed by atoms with van der Waals surface area (Å²) in [5, 5.41) is 0. The molecule has 0 spiro atoms. The second-order valence-electron chi connectivity index (χ2n) is 1.44. The Morgan fingerprint density at radius 3 is 1.36 bits per heavy atom. The summed E-state index contributed by atoms with van der Waals surface area (Å²) in [4.78, 5) is 4.26. The molecule has 0 atom stereocenters. The zero-order valence-electron chi connectivity index (χ0n) is 4.64. The van der Waals surface area contributed by atoms with E-state index in [4.69, 9.17) is 11.1 Å². The molecule has 0 bridgehead atoms. The van der Waals surface area contributed by atoms with E-state index in [0.717, 1.165) is 9.77 Å². The minimum atomic E-state index is -9.39. The van der Waals surface area contributed by atoms with E-state index >= 15 is 0 Å². The van der Waals surface area contributed by atoms with Crippen molar-refractivity contribution in [3.8, 4) is 0 Å². The first-order valence-corrected chi connectivity index (χ1v) is 4.03. The van der Waals surface area contributed by atoms with Crippen molar-refractivity contribution in [1.82, 2.24) is 0 Å². The molecule has 0 N–H and O–H groups in total. The fourth-order valence-electron chi connectivity index (χ4n) is 0.175. The van der Waals surface area contributed by atoms with Gasteiger partial charge < -0.3 is 0 Å². The van der Waals surface area contributed by atoms with Gasteiger partial charge in [0.25, 0.3) is 0 Å². The topological polar surface area (TPSA) is 97.5 Å². The van der Waals surface area contributed by atoms with Gasteiger partial charge in [0, 0.05) is 0 Å². The molecule has 0 aromatic rings. The normalized spacial score (nSPS) is 16.7. The molecular weight excluding hydrogens is 191 g/mol. The molecule has 6 nitrogen and oxygen atoms in total. The van der Waals surface area contributed by atoms with Gasteiger partial charge in [0.1, 0.15) is 0 Å². The summed E-state index contributed by atoms with van der Waals surface area (Å²) in [6, 6.07) is 0. The van der Waals surface area contributed by atoms with Gasteiger partial charge in [0.05, 0.1) is 0 Å². The molecule has 0 aliphatic carbocycles. The maximum absolute atomic E-state index is 11.8. The summed E-state index contributed by atoms with van der Waals surface area (Å²) in [6.07, 6.45) is 0. The van der Waals surface area contributed by atoms with Gasteiger partial charge in [-0.25, -0.2) is 0 Å². The maximum atomic E-state index is 11.8.